The van der Waals surface area contributed by atoms with Crippen LogP contribution in [0.15, 0.2) is 36.5 Å². The summed E-state index contributed by atoms with van der Waals surface area (Å²) in [6, 6.07) is 10.3. The van der Waals surface area contributed by atoms with Gasteiger partial charge in [0, 0.05) is 37.9 Å². The molecule has 5 heteroatoms. The highest BCUT2D eigenvalue weighted by Gasteiger charge is 2.16. The van der Waals surface area contributed by atoms with Gasteiger partial charge < -0.3 is 19.7 Å². The Labute approximate surface area is 142 Å². The Morgan fingerprint density at radius 1 is 1.04 bits per heavy atom. The second-order valence-electron chi connectivity index (χ2n) is 6.32. The second kappa shape index (κ2) is 7.09. The van der Waals surface area contributed by atoms with Gasteiger partial charge in [-0.1, -0.05) is 12.1 Å². The summed E-state index contributed by atoms with van der Waals surface area (Å²) in [4.78, 5) is 6.93. The smallest absolute Gasteiger partial charge is 0.231 e. The predicted molar refractivity (Wildman–Crippen MR) is 93.4 cm³/mol. The van der Waals surface area contributed by atoms with E-state index < -0.39 is 0 Å². The molecule has 2 aliphatic rings. The highest BCUT2D eigenvalue weighted by atomic mass is 16.7. The summed E-state index contributed by atoms with van der Waals surface area (Å²) < 4.78 is 11.0. The first-order valence-corrected chi connectivity index (χ1v) is 8.68. The molecule has 1 saturated heterocycles. The molecule has 4 rings (SSSR count). The van der Waals surface area contributed by atoms with Gasteiger partial charge in [-0.2, -0.15) is 0 Å². The Morgan fingerprint density at radius 2 is 1.96 bits per heavy atom. The number of rotatable bonds is 5. The van der Waals surface area contributed by atoms with Gasteiger partial charge in [-0.15, -0.1) is 0 Å². The summed E-state index contributed by atoms with van der Waals surface area (Å²) in [5.74, 6) is 2.81. The first-order chi connectivity index (χ1) is 11.9. The Kier molecular flexibility index (Phi) is 4.51. The molecule has 3 heterocycles. The molecular weight excluding hydrogens is 302 g/mol. The van der Waals surface area contributed by atoms with Crippen LogP contribution in [0, 0.1) is 0 Å². The van der Waals surface area contributed by atoms with E-state index in [1.165, 1.54) is 24.8 Å². The van der Waals surface area contributed by atoms with E-state index in [0.717, 1.165) is 49.1 Å². The third kappa shape index (κ3) is 3.31. The molecule has 0 atom stereocenters. The van der Waals surface area contributed by atoms with Crippen molar-refractivity contribution in [2.24, 2.45) is 0 Å². The minimum absolute atomic E-state index is 0.315. The summed E-state index contributed by atoms with van der Waals surface area (Å²) in [5, 5.41) is 3.50. The average Bonchev–Trinajstić information content (AvgIpc) is 3.12. The van der Waals surface area contributed by atoms with Crippen LogP contribution in [0.5, 0.6) is 11.5 Å². The predicted octanol–water partition coefficient (Wildman–Crippen LogP) is 3.09. The number of nitrogens with one attached hydrogen (secondary N) is 1. The van der Waals surface area contributed by atoms with Gasteiger partial charge in [0.2, 0.25) is 6.79 Å². The lowest BCUT2D eigenvalue weighted by Crippen LogP contribution is -2.30. The van der Waals surface area contributed by atoms with Crippen molar-refractivity contribution in [1.82, 2.24) is 10.3 Å². The molecule has 0 unspecified atom stereocenters. The molecule has 1 fully saturated rings. The third-order valence-corrected chi connectivity index (χ3v) is 4.61. The van der Waals surface area contributed by atoms with Gasteiger partial charge in [0.15, 0.2) is 11.5 Å². The quantitative estimate of drug-likeness (QED) is 0.915. The first kappa shape index (κ1) is 15.3. The summed E-state index contributed by atoms with van der Waals surface area (Å²) in [6.45, 7) is 4.13. The lowest BCUT2D eigenvalue weighted by Gasteiger charge is -2.27. The largest absolute Gasteiger partial charge is 0.454 e. The highest BCUT2D eigenvalue weighted by Crippen LogP contribution is 2.35. The Balaban J connectivity index is 1.37. The van der Waals surface area contributed by atoms with E-state index in [0.29, 0.717) is 6.79 Å². The van der Waals surface area contributed by atoms with Crippen molar-refractivity contribution in [1.29, 1.82) is 0 Å². The first-order valence-electron chi connectivity index (χ1n) is 8.68. The number of benzene rings is 1. The summed E-state index contributed by atoms with van der Waals surface area (Å²) in [6.07, 6.45) is 5.79. The lowest BCUT2D eigenvalue weighted by atomic mass is 10.1. The summed E-state index contributed by atoms with van der Waals surface area (Å²) >= 11 is 0. The number of hydrogen-bond acceptors (Lipinski definition) is 5. The molecule has 0 spiro atoms. The number of piperidine rings is 1. The number of para-hydroxylation sites is 1. The van der Waals surface area contributed by atoms with E-state index in [9.17, 15) is 0 Å². The normalized spacial score (nSPS) is 16.4. The van der Waals surface area contributed by atoms with Gasteiger partial charge in [0.05, 0.1) is 0 Å². The van der Waals surface area contributed by atoms with E-state index in [1.54, 1.807) is 0 Å². The van der Waals surface area contributed by atoms with Crippen LogP contribution in [0.2, 0.25) is 0 Å². The zero-order valence-electron chi connectivity index (χ0n) is 13.8. The van der Waals surface area contributed by atoms with Crippen LogP contribution in [0.25, 0.3) is 0 Å². The number of aromatic nitrogens is 1. The van der Waals surface area contributed by atoms with E-state index in [-0.39, 0.29) is 0 Å². The Hall–Kier alpha value is -2.27. The van der Waals surface area contributed by atoms with Crippen molar-refractivity contribution in [3.63, 3.8) is 0 Å². The minimum Gasteiger partial charge on any atom is -0.454 e. The molecule has 0 aliphatic carbocycles. The number of pyridine rings is 1. The second-order valence-corrected chi connectivity index (χ2v) is 6.32. The fraction of sp³-hybridized carbons (Fsp3) is 0.421. The van der Waals surface area contributed by atoms with Crippen LogP contribution in [-0.2, 0) is 13.1 Å². The fourth-order valence-electron chi connectivity index (χ4n) is 3.34. The number of fused-ring (bicyclic) bond motifs is 1. The number of hydrogen-bond donors (Lipinski definition) is 1. The molecule has 1 aromatic carbocycles. The third-order valence-electron chi connectivity index (χ3n) is 4.61. The molecule has 1 aromatic heterocycles. The van der Waals surface area contributed by atoms with E-state index in [1.807, 2.05) is 18.3 Å². The van der Waals surface area contributed by atoms with Gasteiger partial charge in [-0.25, -0.2) is 4.98 Å². The molecule has 126 valence electrons. The van der Waals surface area contributed by atoms with E-state index in [2.05, 4.69) is 33.4 Å². The van der Waals surface area contributed by atoms with Gasteiger partial charge in [-0.05, 0) is 43.0 Å². The Bertz CT molecular complexity index is 699. The maximum absolute atomic E-state index is 5.55. The van der Waals surface area contributed by atoms with Crippen LogP contribution in [0.4, 0.5) is 5.82 Å². The van der Waals surface area contributed by atoms with Gasteiger partial charge in [0.1, 0.15) is 5.82 Å². The SMILES string of the molecule is c1cc(CNCc2ccnc(N3CCCCC3)c2)c2c(c1)OCO2. The molecule has 2 aromatic rings. The monoisotopic (exact) mass is 325 g/mol. The topological polar surface area (TPSA) is 46.6 Å². The van der Waals surface area contributed by atoms with Crippen molar-refractivity contribution in [2.75, 3.05) is 24.8 Å². The van der Waals surface area contributed by atoms with Crippen molar-refractivity contribution in [3.8, 4) is 11.5 Å². The molecule has 24 heavy (non-hydrogen) atoms. The molecule has 0 radical (unpaired) electrons. The summed E-state index contributed by atoms with van der Waals surface area (Å²) in [7, 11) is 0. The van der Waals surface area contributed by atoms with Gasteiger partial charge >= 0.3 is 0 Å². The van der Waals surface area contributed by atoms with Crippen molar-refractivity contribution < 1.29 is 9.47 Å². The van der Waals surface area contributed by atoms with Crippen LogP contribution in [-0.4, -0.2) is 24.9 Å². The number of ether oxygens (including phenoxy) is 2. The zero-order chi connectivity index (χ0) is 16.2. The number of nitrogens with zero attached hydrogens (tertiary/aromatic N) is 2. The molecule has 0 bridgehead atoms. The average molecular weight is 325 g/mol. The molecule has 2 aliphatic heterocycles. The van der Waals surface area contributed by atoms with Crippen molar-refractivity contribution in [3.05, 3.63) is 47.7 Å². The maximum atomic E-state index is 5.55. The van der Waals surface area contributed by atoms with Gasteiger partial charge in [0.25, 0.3) is 0 Å². The van der Waals surface area contributed by atoms with E-state index in [4.69, 9.17) is 9.47 Å². The highest BCUT2D eigenvalue weighted by molar-refractivity contribution is 5.48. The van der Waals surface area contributed by atoms with Crippen LogP contribution in [0.1, 0.15) is 30.4 Å². The van der Waals surface area contributed by atoms with Crippen LogP contribution in [0.3, 0.4) is 0 Å². The molecular formula is C19H23N3O2. The van der Waals surface area contributed by atoms with E-state index >= 15 is 0 Å². The van der Waals surface area contributed by atoms with Crippen LogP contribution < -0.4 is 19.7 Å². The van der Waals surface area contributed by atoms with Crippen molar-refractivity contribution in [2.45, 2.75) is 32.4 Å². The lowest BCUT2D eigenvalue weighted by molar-refractivity contribution is 0.173. The molecule has 1 N–H and O–H groups in total. The Morgan fingerprint density at radius 3 is 2.88 bits per heavy atom. The van der Waals surface area contributed by atoms with Crippen LogP contribution >= 0.6 is 0 Å². The fourth-order valence-corrected chi connectivity index (χ4v) is 3.34. The molecule has 0 amide bonds. The van der Waals surface area contributed by atoms with Gasteiger partial charge in [-0.3, -0.25) is 0 Å². The summed E-state index contributed by atoms with van der Waals surface area (Å²) in [5.41, 5.74) is 2.39. The zero-order valence-corrected chi connectivity index (χ0v) is 13.8. The number of anilines is 1. The maximum Gasteiger partial charge on any atom is 0.231 e. The standard InChI is InChI=1S/C19H23N3O2/c1-2-9-22(10-3-1)18-11-15(7-8-21-18)12-20-13-16-5-4-6-17-19(16)24-14-23-17/h4-8,11,20H,1-3,9-10,12-14H2. The minimum atomic E-state index is 0.315. The molecule has 0 saturated carbocycles. The van der Waals surface area contributed by atoms with Crippen molar-refractivity contribution >= 4 is 5.82 Å². The molecule has 5 nitrogen and oxygen atoms in total.